The number of ether oxygens (including phenoxy) is 1. The van der Waals surface area contributed by atoms with Crippen LogP contribution in [0.4, 0.5) is 4.39 Å². The van der Waals surface area contributed by atoms with Gasteiger partial charge in [-0.25, -0.2) is 9.18 Å². The summed E-state index contributed by atoms with van der Waals surface area (Å²) < 4.78 is 18.9. The van der Waals surface area contributed by atoms with Crippen molar-refractivity contribution >= 4 is 23.6 Å². The Bertz CT molecular complexity index is 711. The number of carbonyl (C=O) groups is 1. The highest BCUT2D eigenvalue weighted by molar-refractivity contribution is 6.32. The molecule has 0 saturated carbocycles. The van der Waals surface area contributed by atoms with Gasteiger partial charge < -0.3 is 9.84 Å². The fourth-order valence-electron chi connectivity index (χ4n) is 1.72. The third-order valence-corrected chi connectivity index (χ3v) is 3.05. The Morgan fingerprint density at radius 2 is 2.10 bits per heavy atom. The molecular weight excluding hydrogens is 295 g/mol. The number of benzene rings is 2. The van der Waals surface area contributed by atoms with Crippen molar-refractivity contribution in [3.8, 4) is 11.5 Å². The number of aliphatic carboxylic acids is 1. The summed E-state index contributed by atoms with van der Waals surface area (Å²) in [5.41, 5.74) is 0.967. The summed E-state index contributed by atoms with van der Waals surface area (Å²) in [6.45, 7) is 1.63. The van der Waals surface area contributed by atoms with E-state index in [0.29, 0.717) is 27.6 Å². The van der Waals surface area contributed by atoms with Gasteiger partial charge in [-0.1, -0.05) is 23.7 Å². The van der Waals surface area contributed by atoms with E-state index in [1.165, 1.54) is 18.2 Å². The summed E-state index contributed by atoms with van der Waals surface area (Å²) >= 11 is 6.09. The predicted octanol–water partition coefficient (Wildman–Crippen LogP) is 4.68. The first-order chi connectivity index (χ1) is 9.97. The monoisotopic (exact) mass is 306 g/mol. The molecule has 5 heteroatoms. The second kappa shape index (κ2) is 6.41. The number of para-hydroxylation sites is 1. The fraction of sp³-hybridized carbons (Fsp3) is 0.0625. The molecule has 2 aromatic carbocycles. The zero-order valence-corrected chi connectivity index (χ0v) is 11.9. The van der Waals surface area contributed by atoms with Crippen LogP contribution in [-0.4, -0.2) is 11.1 Å². The highest BCUT2D eigenvalue weighted by Crippen LogP contribution is 2.34. The minimum atomic E-state index is -1.07. The fourth-order valence-corrected chi connectivity index (χ4v) is 1.94. The molecule has 0 radical (unpaired) electrons. The molecular formula is C16H12ClFO3. The van der Waals surface area contributed by atoms with Crippen molar-refractivity contribution in [2.75, 3.05) is 0 Å². The van der Waals surface area contributed by atoms with Crippen LogP contribution in [0.5, 0.6) is 11.5 Å². The van der Waals surface area contributed by atoms with Gasteiger partial charge in [-0.15, -0.1) is 0 Å². The topological polar surface area (TPSA) is 46.5 Å². The molecule has 0 aliphatic heterocycles. The lowest BCUT2D eigenvalue weighted by Gasteiger charge is -2.11. The summed E-state index contributed by atoms with van der Waals surface area (Å²) in [5.74, 6) is -0.652. The molecule has 0 amide bonds. The molecule has 0 atom stereocenters. The molecule has 0 heterocycles. The van der Waals surface area contributed by atoms with E-state index in [4.69, 9.17) is 21.4 Å². The van der Waals surface area contributed by atoms with E-state index >= 15 is 0 Å². The van der Waals surface area contributed by atoms with Crippen LogP contribution in [0.3, 0.4) is 0 Å². The zero-order chi connectivity index (χ0) is 15.4. The molecule has 0 aliphatic carbocycles. The van der Waals surface area contributed by atoms with E-state index in [0.717, 1.165) is 6.08 Å². The van der Waals surface area contributed by atoms with Crippen molar-refractivity contribution in [2.45, 2.75) is 6.92 Å². The Labute approximate surface area is 126 Å². The van der Waals surface area contributed by atoms with Crippen molar-refractivity contribution in [3.05, 3.63) is 64.4 Å². The molecule has 0 fully saturated rings. The van der Waals surface area contributed by atoms with Crippen LogP contribution in [0, 0.1) is 12.7 Å². The lowest BCUT2D eigenvalue weighted by Crippen LogP contribution is -1.92. The number of aryl methyl sites for hydroxylation is 1. The number of carboxylic acid groups (broad SMARTS) is 1. The standard InChI is InChI=1S/C16H12ClFO3/c1-10-9-12(6-7-14(10)18)21-16-11(5-8-15(19)20)3-2-4-13(16)17/h2-9H,1H3,(H,19,20)/b8-5+. The van der Waals surface area contributed by atoms with Gasteiger partial charge in [0.2, 0.25) is 0 Å². The molecule has 2 aromatic rings. The maximum absolute atomic E-state index is 13.2. The largest absolute Gasteiger partial charge is 0.478 e. The van der Waals surface area contributed by atoms with Gasteiger partial charge in [-0.3, -0.25) is 0 Å². The molecule has 1 N–H and O–H groups in total. The Balaban J connectivity index is 2.38. The summed E-state index contributed by atoms with van der Waals surface area (Å²) in [7, 11) is 0. The number of hydrogen-bond donors (Lipinski definition) is 1. The van der Waals surface area contributed by atoms with E-state index in [2.05, 4.69) is 0 Å². The first kappa shape index (κ1) is 15.1. The second-order valence-corrected chi connectivity index (χ2v) is 4.75. The molecule has 0 saturated heterocycles. The first-order valence-corrected chi connectivity index (χ1v) is 6.48. The average Bonchev–Trinajstić information content (AvgIpc) is 2.43. The maximum Gasteiger partial charge on any atom is 0.328 e. The molecule has 0 aliphatic rings. The molecule has 21 heavy (non-hydrogen) atoms. The van der Waals surface area contributed by atoms with E-state index < -0.39 is 5.97 Å². The SMILES string of the molecule is Cc1cc(Oc2c(Cl)cccc2/C=C/C(=O)O)ccc1F. The van der Waals surface area contributed by atoms with Gasteiger partial charge in [0.05, 0.1) is 5.02 Å². The van der Waals surface area contributed by atoms with Gasteiger partial charge in [0.1, 0.15) is 11.6 Å². The van der Waals surface area contributed by atoms with Crippen molar-refractivity contribution < 1.29 is 19.0 Å². The van der Waals surface area contributed by atoms with Crippen molar-refractivity contribution in [3.63, 3.8) is 0 Å². The smallest absolute Gasteiger partial charge is 0.328 e. The summed E-state index contributed by atoms with van der Waals surface area (Å²) in [6, 6.07) is 9.32. The molecule has 2 rings (SSSR count). The lowest BCUT2D eigenvalue weighted by atomic mass is 10.1. The first-order valence-electron chi connectivity index (χ1n) is 6.11. The van der Waals surface area contributed by atoms with Crippen LogP contribution >= 0.6 is 11.6 Å². The molecule has 0 spiro atoms. The quantitative estimate of drug-likeness (QED) is 0.834. The van der Waals surface area contributed by atoms with Gasteiger partial charge in [-0.2, -0.15) is 0 Å². The molecule has 3 nitrogen and oxygen atoms in total. The molecule has 0 bridgehead atoms. The van der Waals surface area contributed by atoms with Crippen LogP contribution in [0.15, 0.2) is 42.5 Å². The van der Waals surface area contributed by atoms with Crippen LogP contribution < -0.4 is 4.74 Å². The van der Waals surface area contributed by atoms with Gasteiger partial charge in [0, 0.05) is 11.6 Å². The van der Waals surface area contributed by atoms with Crippen molar-refractivity contribution in [1.82, 2.24) is 0 Å². The molecule has 0 unspecified atom stereocenters. The number of halogens is 2. The van der Waals surface area contributed by atoms with Gasteiger partial charge in [-0.05, 0) is 42.8 Å². The van der Waals surface area contributed by atoms with Gasteiger partial charge >= 0.3 is 5.97 Å². The Hall–Kier alpha value is -2.33. The Morgan fingerprint density at radius 1 is 1.33 bits per heavy atom. The predicted molar refractivity (Wildman–Crippen MR) is 79.3 cm³/mol. The minimum Gasteiger partial charge on any atom is -0.478 e. The van der Waals surface area contributed by atoms with Gasteiger partial charge in [0.25, 0.3) is 0 Å². The van der Waals surface area contributed by atoms with Crippen LogP contribution in [0.2, 0.25) is 5.02 Å². The van der Waals surface area contributed by atoms with Crippen molar-refractivity contribution in [1.29, 1.82) is 0 Å². The van der Waals surface area contributed by atoms with Crippen molar-refractivity contribution in [2.24, 2.45) is 0 Å². The van der Waals surface area contributed by atoms with E-state index in [1.54, 1.807) is 31.2 Å². The minimum absolute atomic E-state index is 0.322. The average molecular weight is 307 g/mol. The summed E-state index contributed by atoms with van der Waals surface area (Å²) in [4.78, 5) is 10.6. The lowest BCUT2D eigenvalue weighted by molar-refractivity contribution is -0.131. The Kier molecular flexibility index (Phi) is 4.60. The number of carboxylic acids is 1. The number of rotatable bonds is 4. The van der Waals surface area contributed by atoms with Crippen LogP contribution in [-0.2, 0) is 4.79 Å². The summed E-state index contributed by atoms with van der Waals surface area (Å²) in [6.07, 6.45) is 2.38. The Morgan fingerprint density at radius 3 is 2.76 bits per heavy atom. The second-order valence-electron chi connectivity index (χ2n) is 4.34. The molecule has 0 aromatic heterocycles. The van der Waals surface area contributed by atoms with E-state index in [1.807, 2.05) is 0 Å². The van der Waals surface area contributed by atoms with Crippen LogP contribution in [0.25, 0.3) is 6.08 Å². The maximum atomic E-state index is 13.2. The normalized spacial score (nSPS) is 10.8. The van der Waals surface area contributed by atoms with E-state index in [9.17, 15) is 9.18 Å². The van der Waals surface area contributed by atoms with Gasteiger partial charge in [0.15, 0.2) is 5.75 Å². The molecule has 108 valence electrons. The third kappa shape index (κ3) is 3.83. The zero-order valence-electron chi connectivity index (χ0n) is 11.1. The van der Waals surface area contributed by atoms with E-state index in [-0.39, 0.29) is 5.82 Å². The number of hydrogen-bond acceptors (Lipinski definition) is 2. The third-order valence-electron chi connectivity index (χ3n) is 2.75. The highest BCUT2D eigenvalue weighted by Gasteiger charge is 2.09. The highest BCUT2D eigenvalue weighted by atomic mass is 35.5. The summed E-state index contributed by atoms with van der Waals surface area (Å²) in [5, 5.41) is 9.03. The van der Waals surface area contributed by atoms with Crippen LogP contribution in [0.1, 0.15) is 11.1 Å².